The molecule has 2 aromatic rings. The van der Waals surface area contributed by atoms with Crippen molar-refractivity contribution in [2.45, 2.75) is 6.10 Å². The van der Waals surface area contributed by atoms with Crippen LogP contribution in [0, 0.1) is 0 Å². The van der Waals surface area contributed by atoms with E-state index >= 15 is 0 Å². The molecule has 3 rings (SSSR count). The van der Waals surface area contributed by atoms with E-state index in [1.165, 1.54) is 4.57 Å². The molecule has 134 valence electrons. The van der Waals surface area contributed by atoms with Gasteiger partial charge in [0, 0.05) is 52.3 Å². The zero-order valence-electron chi connectivity index (χ0n) is 14.1. The predicted octanol–water partition coefficient (Wildman–Crippen LogP) is 0.725. The number of carbonyl (C=O) groups excluding carboxylic acids is 1. The smallest absolute Gasteiger partial charge is 0.293 e. The van der Waals surface area contributed by atoms with Crippen molar-refractivity contribution in [3.8, 4) is 0 Å². The number of rotatable bonds is 4. The molecule has 1 amide bonds. The largest absolute Gasteiger partial charge is 0.373 e. The molecule has 1 fully saturated rings. The molecule has 9 heteroatoms. The van der Waals surface area contributed by atoms with Crippen LogP contribution in [0.25, 0.3) is 0 Å². The summed E-state index contributed by atoms with van der Waals surface area (Å²) >= 11 is 5.96. The van der Waals surface area contributed by atoms with Gasteiger partial charge in [0.15, 0.2) is 5.82 Å². The second-order valence-corrected chi connectivity index (χ2v) is 6.41. The summed E-state index contributed by atoms with van der Waals surface area (Å²) in [5, 5.41) is 3.54. The van der Waals surface area contributed by atoms with Gasteiger partial charge in [0.2, 0.25) is 0 Å². The lowest BCUT2D eigenvalue weighted by atomic mass is 10.2. The van der Waals surface area contributed by atoms with Crippen molar-refractivity contribution in [2.24, 2.45) is 14.1 Å². The van der Waals surface area contributed by atoms with Crippen molar-refractivity contribution in [1.29, 1.82) is 0 Å². The number of nitrogens with one attached hydrogen (secondary N) is 1. The Balaban J connectivity index is 1.63. The number of aryl methyl sites for hydroxylation is 2. The summed E-state index contributed by atoms with van der Waals surface area (Å²) in [6.45, 7) is 1.78. The monoisotopic (exact) mass is 365 g/mol. The molecule has 2 aromatic heterocycles. The van der Waals surface area contributed by atoms with Crippen LogP contribution in [0.1, 0.15) is 10.5 Å². The average molecular weight is 366 g/mol. The van der Waals surface area contributed by atoms with E-state index in [-0.39, 0.29) is 23.4 Å². The van der Waals surface area contributed by atoms with Gasteiger partial charge >= 0.3 is 0 Å². The first kappa shape index (κ1) is 17.5. The van der Waals surface area contributed by atoms with Crippen molar-refractivity contribution in [3.05, 3.63) is 45.7 Å². The molecule has 3 heterocycles. The fourth-order valence-corrected chi connectivity index (χ4v) is 3.01. The minimum Gasteiger partial charge on any atom is -0.373 e. The molecule has 0 aromatic carbocycles. The second kappa shape index (κ2) is 7.28. The molecule has 8 nitrogen and oxygen atoms in total. The first-order chi connectivity index (χ1) is 12.0. The van der Waals surface area contributed by atoms with Crippen LogP contribution in [-0.2, 0) is 18.8 Å². The van der Waals surface area contributed by atoms with Gasteiger partial charge in [-0.15, -0.1) is 0 Å². The number of nitrogens with zero attached hydrogens (tertiary/aromatic N) is 4. The lowest BCUT2D eigenvalue weighted by Gasteiger charge is -2.33. The molecule has 1 N–H and O–H groups in total. The Labute approximate surface area is 150 Å². The van der Waals surface area contributed by atoms with Crippen LogP contribution >= 0.6 is 11.6 Å². The highest BCUT2D eigenvalue weighted by molar-refractivity contribution is 6.31. The van der Waals surface area contributed by atoms with Crippen molar-refractivity contribution >= 4 is 23.3 Å². The van der Waals surface area contributed by atoms with E-state index in [4.69, 9.17) is 16.3 Å². The summed E-state index contributed by atoms with van der Waals surface area (Å²) in [7, 11) is 3.45. The number of hydrogen-bond acceptors (Lipinski definition) is 5. The van der Waals surface area contributed by atoms with Crippen molar-refractivity contribution in [1.82, 2.24) is 19.0 Å². The van der Waals surface area contributed by atoms with Crippen molar-refractivity contribution < 1.29 is 9.53 Å². The fourth-order valence-electron chi connectivity index (χ4n) is 2.76. The number of anilines is 1. The van der Waals surface area contributed by atoms with Crippen LogP contribution in [0.2, 0.25) is 5.02 Å². The van der Waals surface area contributed by atoms with E-state index in [2.05, 4.69) is 10.3 Å². The number of carbonyl (C=O) groups is 1. The van der Waals surface area contributed by atoms with E-state index < -0.39 is 0 Å². The molecule has 0 bridgehead atoms. The molecule has 1 atom stereocenters. The topological polar surface area (TPSA) is 81.4 Å². The number of halogens is 1. The van der Waals surface area contributed by atoms with Gasteiger partial charge < -0.3 is 24.1 Å². The molecule has 0 saturated carbocycles. The summed E-state index contributed by atoms with van der Waals surface area (Å²) in [5.41, 5.74) is 0.335. The van der Waals surface area contributed by atoms with E-state index in [0.717, 1.165) is 0 Å². The third-order valence-electron chi connectivity index (χ3n) is 4.13. The van der Waals surface area contributed by atoms with Crippen LogP contribution in [0.3, 0.4) is 0 Å². The molecular weight excluding hydrogens is 346 g/mol. The summed E-state index contributed by atoms with van der Waals surface area (Å²) in [6, 6.07) is 1.66. The average Bonchev–Trinajstić information content (AvgIpc) is 2.94. The third kappa shape index (κ3) is 3.85. The summed E-state index contributed by atoms with van der Waals surface area (Å²) in [6.07, 6.45) is 4.63. The zero-order chi connectivity index (χ0) is 18.0. The maximum atomic E-state index is 12.7. The lowest BCUT2D eigenvalue weighted by molar-refractivity contribution is -0.0153. The summed E-state index contributed by atoms with van der Waals surface area (Å²) in [5.74, 6) is 0.183. The van der Waals surface area contributed by atoms with Gasteiger partial charge in [0.25, 0.3) is 11.5 Å². The SMILES string of the molecule is Cn1cc(Cl)cc1C(=O)N1CCO[C@H](CNc2nccn(C)c2=O)C1. The molecular formula is C16H20ClN5O3. The van der Waals surface area contributed by atoms with Gasteiger partial charge in [-0.1, -0.05) is 11.6 Å². The maximum Gasteiger partial charge on any atom is 0.293 e. The Morgan fingerprint density at radius 3 is 2.96 bits per heavy atom. The quantitative estimate of drug-likeness (QED) is 0.863. The fraction of sp³-hybridized carbons (Fsp3) is 0.438. The first-order valence-electron chi connectivity index (χ1n) is 7.94. The third-order valence-corrected chi connectivity index (χ3v) is 4.34. The van der Waals surface area contributed by atoms with E-state index in [1.807, 2.05) is 0 Å². The van der Waals surface area contributed by atoms with Crippen LogP contribution in [-0.4, -0.2) is 57.3 Å². The van der Waals surface area contributed by atoms with Gasteiger partial charge in [0.05, 0.1) is 17.7 Å². The molecule has 0 unspecified atom stereocenters. The van der Waals surface area contributed by atoms with E-state index in [0.29, 0.717) is 37.0 Å². The normalized spacial score (nSPS) is 17.6. The van der Waals surface area contributed by atoms with E-state index in [1.54, 1.807) is 48.2 Å². The number of amides is 1. The van der Waals surface area contributed by atoms with Gasteiger partial charge in [-0.2, -0.15) is 0 Å². The number of hydrogen-bond donors (Lipinski definition) is 1. The highest BCUT2D eigenvalue weighted by atomic mass is 35.5. The van der Waals surface area contributed by atoms with Gasteiger partial charge in [-0.3, -0.25) is 9.59 Å². The van der Waals surface area contributed by atoms with Crippen LogP contribution < -0.4 is 10.9 Å². The van der Waals surface area contributed by atoms with Crippen molar-refractivity contribution in [3.63, 3.8) is 0 Å². The van der Waals surface area contributed by atoms with Crippen LogP contribution in [0.4, 0.5) is 5.82 Å². The highest BCUT2D eigenvalue weighted by Gasteiger charge is 2.26. The summed E-state index contributed by atoms with van der Waals surface area (Å²) < 4.78 is 8.86. The number of aromatic nitrogens is 3. The molecule has 0 spiro atoms. The van der Waals surface area contributed by atoms with Crippen LogP contribution in [0.15, 0.2) is 29.5 Å². The Bertz CT molecular complexity index is 831. The van der Waals surface area contributed by atoms with Crippen molar-refractivity contribution in [2.75, 3.05) is 31.6 Å². The first-order valence-corrected chi connectivity index (χ1v) is 8.31. The number of ether oxygens (including phenoxy) is 1. The van der Waals surface area contributed by atoms with Gasteiger partial charge in [0.1, 0.15) is 5.69 Å². The zero-order valence-corrected chi connectivity index (χ0v) is 14.9. The Morgan fingerprint density at radius 1 is 1.44 bits per heavy atom. The molecule has 1 aliphatic heterocycles. The van der Waals surface area contributed by atoms with Crippen LogP contribution in [0.5, 0.6) is 0 Å². The maximum absolute atomic E-state index is 12.7. The summed E-state index contributed by atoms with van der Waals surface area (Å²) in [4.78, 5) is 30.4. The Hall–Kier alpha value is -2.32. The van der Waals surface area contributed by atoms with E-state index in [9.17, 15) is 9.59 Å². The molecule has 1 aliphatic rings. The predicted molar refractivity (Wildman–Crippen MR) is 94.0 cm³/mol. The minimum atomic E-state index is -0.222. The Kier molecular flexibility index (Phi) is 5.10. The molecule has 1 saturated heterocycles. The standard InChI is InChI=1S/C16H20ClN5O3/c1-20-4-3-18-14(16(20)24)19-8-12-10-22(5-6-25-12)15(23)13-7-11(17)9-21(13)2/h3-4,7,9,12H,5-6,8,10H2,1-2H3,(H,18,19)/t12-/m1/s1. The molecule has 0 radical (unpaired) electrons. The highest BCUT2D eigenvalue weighted by Crippen LogP contribution is 2.16. The second-order valence-electron chi connectivity index (χ2n) is 5.97. The minimum absolute atomic E-state index is 0.0866. The Morgan fingerprint density at radius 2 is 2.24 bits per heavy atom. The van der Waals surface area contributed by atoms with Gasteiger partial charge in [-0.05, 0) is 6.07 Å². The lowest BCUT2D eigenvalue weighted by Crippen LogP contribution is -2.48. The molecule has 25 heavy (non-hydrogen) atoms. The molecule has 0 aliphatic carbocycles. The van der Waals surface area contributed by atoms with Gasteiger partial charge in [-0.25, -0.2) is 4.98 Å². The number of morpholine rings is 1.